The maximum Gasteiger partial charge on any atom is 0.346 e. The van der Waals surface area contributed by atoms with Crippen molar-refractivity contribution in [3.8, 4) is 0 Å². The van der Waals surface area contributed by atoms with Crippen LogP contribution in [0.5, 0.6) is 0 Å². The molecule has 132 valence electrons. The molecule has 0 atom stereocenters. The van der Waals surface area contributed by atoms with E-state index in [1.54, 1.807) is 31.2 Å². The molecule has 1 N–H and O–H groups in total. The summed E-state index contributed by atoms with van der Waals surface area (Å²) in [4.78, 5) is 29.0. The number of rotatable bonds is 3. The Hall–Kier alpha value is -3.73. The Bertz CT molecular complexity index is 1240. The van der Waals surface area contributed by atoms with Crippen molar-refractivity contribution in [3.63, 3.8) is 0 Å². The topological polar surface area (TPSA) is 72.2 Å². The normalized spacial score (nSPS) is 11.3. The second-order valence-corrected chi connectivity index (χ2v) is 6.17. The third-order valence-corrected chi connectivity index (χ3v) is 4.24. The Morgan fingerprint density at radius 1 is 1.07 bits per heavy atom. The van der Waals surface area contributed by atoms with Gasteiger partial charge in [-0.3, -0.25) is 4.79 Å². The Morgan fingerprint density at radius 3 is 2.63 bits per heavy atom. The van der Waals surface area contributed by atoms with Crippen molar-refractivity contribution in [3.05, 3.63) is 88.3 Å². The van der Waals surface area contributed by atoms with E-state index in [4.69, 9.17) is 4.42 Å². The van der Waals surface area contributed by atoms with Crippen molar-refractivity contribution in [2.45, 2.75) is 6.92 Å². The number of aromatic nitrogens is 1. The highest BCUT2D eigenvalue weighted by Gasteiger charge is 2.13. The second-order valence-electron chi connectivity index (χ2n) is 6.17. The first kappa shape index (κ1) is 16.7. The van der Waals surface area contributed by atoms with Gasteiger partial charge in [0.15, 0.2) is 0 Å². The van der Waals surface area contributed by atoms with Gasteiger partial charge in [-0.1, -0.05) is 42.5 Å². The largest absolute Gasteiger partial charge is 0.422 e. The lowest BCUT2D eigenvalue weighted by molar-refractivity contribution is -0.111. The molecule has 5 nitrogen and oxygen atoms in total. The standard InChI is InChI=1S/C22H16N2O3/c1-14-13-18(23-19(25)12-11-15-7-3-2-4-8-15)24-21-16-9-5-6-10-17(16)27-22(26)20(14)21/h2-13H,1H3,(H,23,24,25). The molecule has 2 heterocycles. The molecule has 0 spiro atoms. The van der Waals surface area contributed by atoms with Crippen molar-refractivity contribution in [1.29, 1.82) is 0 Å². The van der Waals surface area contributed by atoms with Crippen LogP contribution in [0.25, 0.3) is 27.9 Å². The summed E-state index contributed by atoms with van der Waals surface area (Å²) in [5, 5.41) is 3.91. The molecule has 0 bridgehead atoms. The van der Waals surface area contributed by atoms with Crippen LogP contribution in [0.15, 0.2) is 76.0 Å². The molecular weight excluding hydrogens is 340 g/mol. The second kappa shape index (κ2) is 6.88. The summed E-state index contributed by atoms with van der Waals surface area (Å²) in [5.41, 5.74) is 2.18. The number of pyridine rings is 1. The highest BCUT2D eigenvalue weighted by Crippen LogP contribution is 2.25. The lowest BCUT2D eigenvalue weighted by atomic mass is 10.1. The summed E-state index contributed by atoms with van der Waals surface area (Å²) in [6.07, 6.45) is 3.18. The van der Waals surface area contributed by atoms with Crippen LogP contribution in [0.3, 0.4) is 0 Å². The van der Waals surface area contributed by atoms with Gasteiger partial charge in [0.2, 0.25) is 5.91 Å². The number of nitrogens with zero attached hydrogens (tertiary/aromatic N) is 1. The summed E-state index contributed by atoms with van der Waals surface area (Å²) in [7, 11) is 0. The summed E-state index contributed by atoms with van der Waals surface area (Å²) >= 11 is 0. The van der Waals surface area contributed by atoms with E-state index in [-0.39, 0.29) is 5.91 Å². The molecule has 2 aromatic carbocycles. The zero-order valence-electron chi connectivity index (χ0n) is 14.6. The molecule has 27 heavy (non-hydrogen) atoms. The van der Waals surface area contributed by atoms with Crippen LogP contribution in [0, 0.1) is 6.92 Å². The highest BCUT2D eigenvalue weighted by atomic mass is 16.4. The molecule has 0 fully saturated rings. The molecule has 0 unspecified atom stereocenters. The van der Waals surface area contributed by atoms with Crippen LogP contribution in [0.4, 0.5) is 5.82 Å². The average Bonchev–Trinajstić information content (AvgIpc) is 2.67. The Labute approximate surface area is 155 Å². The van der Waals surface area contributed by atoms with Crippen LogP contribution >= 0.6 is 0 Å². The molecule has 0 radical (unpaired) electrons. The maximum atomic E-state index is 12.3. The van der Waals surface area contributed by atoms with Gasteiger partial charge in [0, 0.05) is 11.5 Å². The molecule has 2 aromatic heterocycles. The Kier molecular flexibility index (Phi) is 4.26. The minimum Gasteiger partial charge on any atom is -0.422 e. The number of hydrogen-bond donors (Lipinski definition) is 1. The fourth-order valence-electron chi connectivity index (χ4n) is 3.00. The zero-order valence-corrected chi connectivity index (χ0v) is 14.6. The summed E-state index contributed by atoms with van der Waals surface area (Å²) in [6, 6.07) is 18.4. The van der Waals surface area contributed by atoms with E-state index in [1.807, 2.05) is 42.5 Å². The number of amides is 1. The van der Waals surface area contributed by atoms with E-state index in [0.717, 1.165) is 10.9 Å². The Morgan fingerprint density at radius 2 is 1.81 bits per heavy atom. The van der Waals surface area contributed by atoms with E-state index >= 15 is 0 Å². The van der Waals surface area contributed by atoms with Gasteiger partial charge in [-0.05, 0) is 42.3 Å². The number of para-hydroxylation sites is 1. The smallest absolute Gasteiger partial charge is 0.346 e. The first-order valence-corrected chi connectivity index (χ1v) is 8.49. The summed E-state index contributed by atoms with van der Waals surface area (Å²) in [5.74, 6) is 0.0934. The number of benzene rings is 2. The molecule has 0 saturated carbocycles. The van der Waals surface area contributed by atoms with Gasteiger partial charge in [-0.25, -0.2) is 9.78 Å². The summed E-state index contributed by atoms with van der Waals surface area (Å²) in [6.45, 7) is 1.80. The van der Waals surface area contributed by atoms with E-state index in [2.05, 4.69) is 10.3 Å². The van der Waals surface area contributed by atoms with Crippen molar-refractivity contribution in [2.75, 3.05) is 5.32 Å². The van der Waals surface area contributed by atoms with Crippen molar-refractivity contribution < 1.29 is 9.21 Å². The molecule has 5 heteroatoms. The monoisotopic (exact) mass is 356 g/mol. The fourth-order valence-corrected chi connectivity index (χ4v) is 3.00. The molecule has 4 aromatic rings. The van der Waals surface area contributed by atoms with Gasteiger partial charge in [-0.15, -0.1) is 0 Å². The Balaban J connectivity index is 1.72. The van der Waals surface area contributed by atoms with Gasteiger partial charge < -0.3 is 9.73 Å². The average molecular weight is 356 g/mol. The molecule has 0 aliphatic heterocycles. The molecule has 0 aliphatic rings. The number of carbonyl (C=O) groups is 1. The van der Waals surface area contributed by atoms with E-state index in [0.29, 0.717) is 27.9 Å². The molecule has 1 amide bonds. The van der Waals surface area contributed by atoms with E-state index in [9.17, 15) is 9.59 Å². The number of hydrogen-bond acceptors (Lipinski definition) is 4. The van der Waals surface area contributed by atoms with Crippen LogP contribution < -0.4 is 10.9 Å². The van der Waals surface area contributed by atoms with Crippen molar-refractivity contribution >= 4 is 39.7 Å². The van der Waals surface area contributed by atoms with Crippen LogP contribution in [-0.4, -0.2) is 10.9 Å². The highest BCUT2D eigenvalue weighted by molar-refractivity contribution is 6.05. The van der Waals surface area contributed by atoms with E-state index < -0.39 is 5.63 Å². The van der Waals surface area contributed by atoms with Crippen molar-refractivity contribution in [1.82, 2.24) is 4.98 Å². The predicted octanol–water partition coefficient (Wildman–Crippen LogP) is 4.30. The number of aryl methyl sites for hydroxylation is 1. The number of fused-ring (bicyclic) bond motifs is 3. The number of carbonyl (C=O) groups excluding carboxylic acids is 1. The minimum atomic E-state index is -0.435. The van der Waals surface area contributed by atoms with Gasteiger partial charge in [0.05, 0.1) is 10.9 Å². The first-order chi connectivity index (χ1) is 13.1. The third-order valence-electron chi connectivity index (χ3n) is 4.24. The van der Waals surface area contributed by atoms with Gasteiger partial charge in [0.1, 0.15) is 11.4 Å². The zero-order chi connectivity index (χ0) is 18.8. The first-order valence-electron chi connectivity index (χ1n) is 8.49. The number of nitrogens with one attached hydrogen (secondary N) is 1. The molecule has 0 aliphatic carbocycles. The van der Waals surface area contributed by atoms with E-state index in [1.165, 1.54) is 6.08 Å². The minimum absolute atomic E-state index is 0.294. The van der Waals surface area contributed by atoms with Crippen molar-refractivity contribution in [2.24, 2.45) is 0 Å². The van der Waals surface area contributed by atoms with Gasteiger partial charge >= 0.3 is 5.63 Å². The molecule has 4 rings (SSSR count). The maximum absolute atomic E-state index is 12.3. The number of anilines is 1. The lowest BCUT2D eigenvalue weighted by Crippen LogP contribution is -2.11. The summed E-state index contributed by atoms with van der Waals surface area (Å²) < 4.78 is 5.37. The lowest BCUT2D eigenvalue weighted by Gasteiger charge is -2.08. The predicted molar refractivity (Wildman–Crippen MR) is 107 cm³/mol. The molecular formula is C22H16N2O3. The van der Waals surface area contributed by atoms with Crippen LogP contribution in [-0.2, 0) is 4.79 Å². The van der Waals surface area contributed by atoms with Gasteiger partial charge in [0.25, 0.3) is 0 Å². The fraction of sp³-hybridized carbons (Fsp3) is 0.0455. The van der Waals surface area contributed by atoms with Gasteiger partial charge in [-0.2, -0.15) is 0 Å². The van der Waals surface area contributed by atoms with Crippen LogP contribution in [0.2, 0.25) is 0 Å². The third kappa shape index (κ3) is 3.35. The molecule has 0 saturated heterocycles. The SMILES string of the molecule is Cc1cc(NC(=O)C=Cc2ccccc2)nc2c1c(=O)oc1ccccc12. The quantitative estimate of drug-likeness (QED) is 0.337. The van der Waals surface area contributed by atoms with Crippen LogP contribution in [0.1, 0.15) is 11.1 Å².